The number of hydrogen-bond acceptors (Lipinski definition) is 12. The summed E-state index contributed by atoms with van der Waals surface area (Å²) >= 11 is 4.15. The van der Waals surface area contributed by atoms with E-state index in [4.69, 9.17) is 14.2 Å². The first-order valence-corrected chi connectivity index (χ1v) is 17.3. The van der Waals surface area contributed by atoms with E-state index in [-0.39, 0.29) is 24.1 Å². The Kier molecular flexibility index (Phi) is 12.5. The molecule has 240 valence electrons. The average molecular weight is 672 g/mol. The third-order valence-electron chi connectivity index (χ3n) is 6.35. The predicted molar refractivity (Wildman–Crippen MR) is 178 cm³/mol. The van der Waals surface area contributed by atoms with Crippen LogP contribution < -0.4 is 24.8 Å². The molecule has 0 spiro atoms. The Morgan fingerprint density at radius 3 is 2.29 bits per heavy atom. The number of thioether (sulfide) groups is 2. The van der Waals surface area contributed by atoms with Crippen molar-refractivity contribution in [3.63, 3.8) is 0 Å². The number of benzene rings is 2. The largest absolute Gasteiger partial charge is 0.490 e. The van der Waals surface area contributed by atoms with E-state index in [9.17, 15) is 9.59 Å². The van der Waals surface area contributed by atoms with Crippen molar-refractivity contribution in [2.24, 2.45) is 0 Å². The fourth-order valence-corrected chi connectivity index (χ4v) is 6.67. The normalized spacial score (nSPS) is 10.9. The van der Waals surface area contributed by atoms with Gasteiger partial charge in [0.05, 0.1) is 37.8 Å². The van der Waals surface area contributed by atoms with Gasteiger partial charge in [-0.3, -0.25) is 19.5 Å². The zero-order chi connectivity index (χ0) is 32.3. The van der Waals surface area contributed by atoms with Gasteiger partial charge >= 0.3 is 0 Å². The summed E-state index contributed by atoms with van der Waals surface area (Å²) in [5, 5.41) is 23.6. The minimum absolute atomic E-state index is 0.0791. The molecule has 4 rings (SSSR count). The van der Waals surface area contributed by atoms with Crippen LogP contribution in [0.3, 0.4) is 0 Å². The Morgan fingerprint density at radius 1 is 0.911 bits per heavy atom. The topological polar surface area (TPSA) is 142 Å². The van der Waals surface area contributed by atoms with E-state index in [1.165, 1.54) is 23.1 Å². The average Bonchev–Trinajstić information content (AvgIpc) is 3.64. The van der Waals surface area contributed by atoms with E-state index in [0.29, 0.717) is 58.7 Å². The Labute approximate surface area is 275 Å². The standard InChI is InChI=1S/C30H37N7O5S3/c1-7-40-22-14-20(15-23(41-8-2)26(22)42-9-3)27(39)31-16-24-33-35-29(37(24)21-13-11-12-18(5)19(21)6)44-17-25(38)32-28-34-36-30(45-28)43-10-4/h11-15H,7-10,16-17H2,1-6H3,(H,31,39)(H,32,34,38). The summed E-state index contributed by atoms with van der Waals surface area (Å²) < 4.78 is 20.0. The molecule has 4 aromatic rings. The molecule has 0 aliphatic rings. The number of anilines is 1. The number of aryl methyl sites for hydroxylation is 1. The molecular formula is C30H37N7O5S3. The summed E-state index contributed by atoms with van der Waals surface area (Å²) in [6.45, 7) is 13.0. The lowest BCUT2D eigenvalue weighted by Gasteiger charge is -2.17. The number of carbonyl (C=O) groups excluding carboxylic acids is 2. The second-order valence-corrected chi connectivity index (χ2v) is 12.8. The van der Waals surface area contributed by atoms with Gasteiger partial charge in [0.15, 0.2) is 26.8 Å². The van der Waals surface area contributed by atoms with Crippen molar-refractivity contribution in [3.05, 3.63) is 52.8 Å². The Balaban J connectivity index is 1.56. The molecule has 0 radical (unpaired) electrons. The van der Waals surface area contributed by atoms with Gasteiger partial charge in [0.25, 0.3) is 5.91 Å². The summed E-state index contributed by atoms with van der Waals surface area (Å²) in [5.74, 6) is 2.20. The van der Waals surface area contributed by atoms with Crippen molar-refractivity contribution in [2.45, 2.75) is 57.6 Å². The second-order valence-electron chi connectivity index (χ2n) is 9.38. The highest BCUT2D eigenvalue weighted by molar-refractivity contribution is 8.01. The minimum Gasteiger partial charge on any atom is -0.490 e. The second kappa shape index (κ2) is 16.5. The Morgan fingerprint density at radius 2 is 1.62 bits per heavy atom. The molecule has 0 aliphatic heterocycles. The van der Waals surface area contributed by atoms with Crippen LogP contribution in [0.25, 0.3) is 5.69 Å². The first-order chi connectivity index (χ1) is 21.8. The molecule has 0 saturated carbocycles. The molecule has 0 fully saturated rings. The van der Waals surface area contributed by atoms with Gasteiger partial charge in [-0.2, -0.15) is 0 Å². The number of nitrogens with one attached hydrogen (secondary N) is 2. The molecule has 45 heavy (non-hydrogen) atoms. The number of ether oxygens (including phenoxy) is 3. The molecule has 0 aliphatic carbocycles. The number of rotatable bonds is 16. The first-order valence-electron chi connectivity index (χ1n) is 14.5. The van der Waals surface area contributed by atoms with Crippen LogP contribution in [0.15, 0.2) is 39.8 Å². The zero-order valence-corrected chi connectivity index (χ0v) is 28.6. The van der Waals surface area contributed by atoms with E-state index in [0.717, 1.165) is 26.9 Å². The molecule has 2 aromatic heterocycles. The third-order valence-corrected chi connectivity index (χ3v) is 9.13. The lowest BCUT2D eigenvalue weighted by molar-refractivity contribution is -0.113. The van der Waals surface area contributed by atoms with Crippen LogP contribution in [-0.4, -0.2) is 68.1 Å². The molecule has 0 saturated heterocycles. The molecule has 15 heteroatoms. The Hall–Kier alpha value is -3.82. The van der Waals surface area contributed by atoms with Gasteiger partial charge in [-0.15, -0.1) is 20.4 Å². The number of nitrogens with zero attached hydrogens (tertiary/aromatic N) is 5. The lowest BCUT2D eigenvalue weighted by atomic mass is 10.1. The van der Waals surface area contributed by atoms with Crippen LogP contribution >= 0.6 is 34.9 Å². The number of aromatic nitrogens is 5. The van der Waals surface area contributed by atoms with Crippen LogP contribution in [0.2, 0.25) is 0 Å². The van der Waals surface area contributed by atoms with Crippen LogP contribution in [0.5, 0.6) is 17.2 Å². The predicted octanol–water partition coefficient (Wildman–Crippen LogP) is 5.70. The Bertz CT molecular complexity index is 1600. The number of amides is 2. The van der Waals surface area contributed by atoms with E-state index >= 15 is 0 Å². The number of carbonyl (C=O) groups is 2. The molecule has 2 amide bonds. The monoisotopic (exact) mass is 671 g/mol. The van der Waals surface area contributed by atoms with Crippen molar-refractivity contribution < 1.29 is 23.8 Å². The quantitative estimate of drug-likeness (QED) is 0.112. The van der Waals surface area contributed by atoms with Gasteiger partial charge < -0.3 is 19.5 Å². The molecule has 0 atom stereocenters. The van der Waals surface area contributed by atoms with Gasteiger partial charge in [-0.1, -0.05) is 53.9 Å². The van der Waals surface area contributed by atoms with Crippen molar-refractivity contribution in [3.8, 4) is 22.9 Å². The van der Waals surface area contributed by atoms with Gasteiger partial charge in [-0.05, 0) is 69.7 Å². The highest BCUT2D eigenvalue weighted by atomic mass is 32.2. The summed E-state index contributed by atoms with van der Waals surface area (Å²) in [6.07, 6.45) is 0. The molecule has 0 unspecified atom stereocenters. The van der Waals surface area contributed by atoms with Gasteiger partial charge in [-0.25, -0.2) is 0 Å². The van der Waals surface area contributed by atoms with Crippen LogP contribution in [-0.2, 0) is 11.3 Å². The van der Waals surface area contributed by atoms with Crippen LogP contribution in [0.4, 0.5) is 5.13 Å². The smallest absolute Gasteiger partial charge is 0.251 e. The van der Waals surface area contributed by atoms with Crippen molar-refractivity contribution >= 4 is 51.8 Å². The summed E-state index contributed by atoms with van der Waals surface area (Å²) in [7, 11) is 0. The molecule has 0 bridgehead atoms. The van der Waals surface area contributed by atoms with E-state index in [2.05, 4.69) is 31.0 Å². The first kappa shape index (κ1) is 34.1. The van der Waals surface area contributed by atoms with E-state index < -0.39 is 0 Å². The van der Waals surface area contributed by atoms with Crippen molar-refractivity contribution in [2.75, 3.05) is 36.6 Å². The molecule has 2 N–H and O–H groups in total. The maximum atomic E-state index is 13.4. The lowest BCUT2D eigenvalue weighted by Crippen LogP contribution is -2.25. The molecule has 2 heterocycles. The molecule has 12 nitrogen and oxygen atoms in total. The summed E-state index contributed by atoms with van der Waals surface area (Å²) in [4.78, 5) is 26.2. The van der Waals surface area contributed by atoms with Gasteiger partial charge in [0.2, 0.25) is 16.8 Å². The highest BCUT2D eigenvalue weighted by Crippen LogP contribution is 2.39. The maximum absolute atomic E-state index is 13.4. The molecule has 2 aromatic carbocycles. The minimum atomic E-state index is -0.346. The van der Waals surface area contributed by atoms with Crippen LogP contribution in [0, 0.1) is 13.8 Å². The van der Waals surface area contributed by atoms with Gasteiger partial charge in [0, 0.05) is 5.56 Å². The highest BCUT2D eigenvalue weighted by Gasteiger charge is 2.21. The van der Waals surface area contributed by atoms with Gasteiger partial charge in [0.1, 0.15) is 0 Å². The molecular weight excluding hydrogens is 635 g/mol. The SMILES string of the molecule is CCOc1cc(C(=O)NCc2nnc(SCC(=O)Nc3nnc(SCC)s3)n2-c2cccc(C)c2C)cc(OCC)c1OCC. The number of hydrogen-bond donors (Lipinski definition) is 2. The van der Waals surface area contributed by atoms with Crippen molar-refractivity contribution in [1.82, 2.24) is 30.3 Å². The third kappa shape index (κ3) is 8.67. The fourth-order valence-electron chi connectivity index (χ4n) is 4.24. The summed E-state index contributed by atoms with van der Waals surface area (Å²) in [6, 6.07) is 9.22. The maximum Gasteiger partial charge on any atom is 0.251 e. The summed E-state index contributed by atoms with van der Waals surface area (Å²) in [5.41, 5.74) is 3.32. The van der Waals surface area contributed by atoms with Crippen LogP contribution in [0.1, 0.15) is 55.0 Å². The van der Waals surface area contributed by atoms with E-state index in [1.54, 1.807) is 23.9 Å². The zero-order valence-electron chi connectivity index (χ0n) is 26.1. The van der Waals surface area contributed by atoms with E-state index in [1.807, 2.05) is 64.3 Å². The van der Waals surface area contributed by atoms with Crippen molar-refractivity contribution in [1.29, 1.82) is 0 Å². The fraction of sp³-hybridized carbons (Fsp3) is 0.400.